The van der Waals surface area contributed by atoms with E-state index < -0.39 is 0 Å². The Hall–Kier alpha value is -0.620. The van der Waals surface area contributed by atoms with Crippen LogP contribution in [0.25, 0.3) is 0 Å². The summed E-state index contributed by atoms with van der Waals surface area (Å²) in [5, 5.41) is 0. The van der Waals surface area contributed by atoms with Crippen LogP contribution in [-0.4, -0.2) is 30.6 Å². The Labute approximate surface area is 98.9 Å². The van der Waals surface area contributed by atoms with Gasteiger partial charge in [-0.2, -0.15) is 0 Å². The molecule has 0 aromatic heterocycles. The molecule has 0 amide bonds. The van der Waals surface area contributed by atoms with Crippen molar-refractivity contribution in [2.24, 2.45) is 5.73 Å². The molecule has 0 bridgehead atoms. The summed E-state index contributed by atoms with van der Waals surface area (Å²) in [6.07, 6.45) is 0. The largest absolute Gasteiger partial charge is 0.379 e. The summed E-state index contributed by atoms with van der Waals surface area (Å²) >= 11 is 1.56. The summed E-state index contributed by atoms with van der Waals surface area (Å²) < 4.78 is 20.6. The first-order valence-electron chi connectivity index (χ1n) is 5.29. The minimum absolute atomic E-state index is 0.215. The number of benzene rings is 1. The third kappa shape index (κ3) is 2.95. The molecule has 1 heterocycles. The van der Waals surface area contributed by atoms with Gasteiger partial charge in [-0.3, -0.25) is 0 Å². The van der Waals surface area contributed by atoms with Gasteiger partial charge in [0.2, 0.25) is 0 Å². The summed E-state index contributed by atoms with van der Waals surface area (Å²) in [7, 11) is 0. The minimum atomic E-state index is -0.215. The van der Waals surface area contributed by atoms with Crippen molar-refractivity contribution in [3.05, 3.63) is 29.6 Å². The highest BCUT2D eigenvalue weighted by molar-refractivity contribution is 7.97. The Kier molecular flexibility index (Phi) is 4.17. The molecule has 0 aliphatic carbocycles. The van der Waals surface area contributed by atoms with E-state index in [1.165, 1.54) is 6.07 Å². The highest BCUT2D eigenvalue weighted by Gasteiger charge is 2.13. The second-order valence-corrected chi connectivity index (χ2v) is 4.73. The number of hydrogen-bond acceptors (Lipinski definition) is 4. The number of nitrogens with zero attached hydrogens (tertiary/aromatic N) is 1. The number of rotatable bonds is 3. The van der Waals surface area contributed by atoms with E-state index in [0.29, 0.717) is 6.54 Å². The van der Waals surface area contributed by atoms with Crippen LogP contribution in [0.15, 0.2) is 23.1 Å². The maximum atomic E-state index is 13.1. The van der Waals surface area contributed by atoms with Gasteiger partial charge in [0.15, 0.2) is 0 Å². The third-order valence-corrected chi connectivity index (χ3v) is 3.65. The summed E-state index contributed by atoms with van der Waals surface area (Å²) in [6, 6.07) is 4.74. The molecule has 0 saturated carbocycles. The first-order chi connectivity index (χ1) is 7.79. The highest BCUT2D eigenvalue weighted by atomic mass is 32.2. The molecule has 1 saturated heterocycles. The van der Waals surface area contributed by atoms with Crippen molar-refractivity contribution in [1.29, 1.82) is 0 Å². The second kappa shape index (κ2) is 5.63. The van der Waals surface area contributed by atoms with E-state index in [4.69, 9.17) is 10.5 Å². The van der Waals surface area contributed by atoms with Gasteiger partial charge in [-0.15, -0.1) is 0 Å². The molecule has 2 rings (SSSR count). The molecular formula is C11H15FN2OS. The zero-order chi connectivity index (χ0) is 11.4. The van der Waals surface area contributed by atoms with Crippen LogP contribution in [0, 0.1) is 5.82 Å². The van der Waals surface area contributed by atoms with Gasteiger partial charge in [-0.25, -0.2) is 8.70 Å². The molecule has 1 aromatic rings. The quantitative estimate of drug-likeness (QED) is 0.818. The van der Waals surface area contributed by atoms with Crippen LogP contribution in [0.2, 0.25) is 0 Å². The van der Waals surface area contributed by atoms with Gasteiger partial charge < -0.3 is 10.5 Å². The van der Waals surface area contributed by atoms with E-state index in [-0.39, 0.29) is 5.82 Å². The van der Waals surface area contributed by atoms with Crippen LogP contribution in [-0.2, 0) is 11.3 Å². The van der Waals surface area contributed by atoms with Crippen molar-refractivity contribution in [2.45, 2.75) is 11.4 Å². The Balaban J connectivity index is 2.09. The number of nitrogens with two attached hydrogens (primary N) is 1. The summed E-state index contributed by atoms with van der Waals surface area (Å²) in [5.41, 5.74) is 6.61. The first-order valence-corrected chi connectivity index (χ1v) is 6.06. The maximum Gasteiger partial charge on any atom is 0.124 e. The van der Waals surface area contributed by atoms with Crippen LogP contribution in [0.1, 0.15) is 5.56 Å². The topological polar surface area (TPSA) is 38.5 Å². The molecule has 0 atom stereocenters. The number of ether oxygens (including phenoxy) is 1. The maximum absolute atomic E-state index is 13.1. The van der Waals surface area contributed by atoms with Crippen molar-refractivity contribution < 1.29 is 9.13 Å². The van der Waals surface area contributed by atoms with Crippen LogP contribution < -0.4 is 5.73 Å². The summed E-state index contributed by atoms with van der Waals surface area (Å²) in [6.45, 7) is 3.64. The van der Waals surface area contributed by atoms with E-state index in [1.807, 2.05) is 0 Å². The molecule has 16 heavy (non-hydrogen) atoms. The summed E-state index contributed by atoms with van der Waals surface area (Å²) in [4.78, 5) is 0.907. The molecule has 1 aliphatic heterocycles. The van der Waals surface area contributed by atoms with Gasteiger partial charge in [-0.05, 0) is 29.6 Å². The molecule has 0 unspecified atom stereocenters. The Morgan fingerprint density at radius 3 is 2.81 bits per heavy atom. The SMILES string of the molecule is NCc1ccc(F)cc1SN1CCOCC1. The van der Waals surface area contributed by atoms with Gasteiger partial charge >= 0.3 is 0 Å². The van der Waals surface area contributed by atoms with E-state index in [9.17, 15) is 4.39 Å². The predicted octanol–water partition coefficient (Wildman–Crippen LogP) is 1.62. The Morgan fingerprint density at radius 1 is 1.38 bits per heavy atom. The molecule has 0 radical (unpaired) electrons. The average molecular weight is 242 g/mol. The number of morpholine rings is 1. The van der Waals surface area contributed by atoms with E-state index >= 15 is 0 Å². The van der Waals surface area contributed by atoms with Crippen LogP contribution >= 0.6 is 11.9 Å². The molecule has 1 aromatic carbocycles. The van der Waals surface area contributed by atoms with Crippen molar-refractivity contribution in [3.8, 4) is 0 Å². The van der Waals surface area contributed by atoms with Gasteiger partial charge in [0.25, 0.3) is 0 Å². The predicted molar refractivity (Wildman–Crippen MR) is 62.5 cm³/mol. The lowest BCUT2D eigenvalue weighted by molar-refractivity contribution is 0.0773. The molecule has 1 aliphatic rings. The fourth-order valence-electron chi connectivity index (χ4n) is 1.56. The normalized spacial score (nSPS) is 17.6. The smallest absolute Gasteiger partial charge is 0.124 e. The molecule has 0 spiro atoms. The van der Waals surface area contributed by atoms with Gasteiger partial charge in [0.1, 0.15) is 5.82 Å². The standard InChI is InChI=1S/C11H15FN2OS/c12-10-2-1-9(8-13)11(7-10)16-14-3-5-15-6-4-14/h1-2,7H,3-6,8,13H2. The van der Waals surface area contributed by atoms with E-state index in [0.717, 1.165) is 36.8 Å². The van der Waals surface area contributed by atoms with Crippen molar-refractivity contribution in [3.63, 3.8) is 0 Å². The number of halogens is 1. The molecule has 5 heteroatoms. The fourth-order valence-corrected chi connectivity index (χ4v) is 2.60. The van der Waals surface area contributed by atoms with Crippen LogP contribution in [0.5, 0.6) is 0 Å². The van der Waals surface area contributed by atoms with Crippen molar-refractivity contribution >= 4 is 11.9 Å². The second-order valence-electron chi connectivity index (χ2n) is 3.59. The van der Waals surface area contributed by atoms with E-state index in [1.54, 1.807) is 24.1 Å². The monoisotopic (exact) mass is 242 g/mol. The third-order valence-electron chi connectivity index (χ3n) is 2.45. The molecular weight excluding hydrogens is 227 g/mol. The van der Waals surface area contributed by atoms with E-state index in [2.05, 4.69) is 4.31 Å². The fraction of sp³-hybridized carbons (Fsp3) is 0.455. The lowest BCUT2D eigenvalue weighted by Gasteiger charge is -2.26. The molecule has 1 fully saturated rings. The van der Waals surface area contributed by atoms with Gasteiger partial charge in [-0.1, -0.05) is 6.07 Å². The Morgan fingerprint density at radius 2 is 2.12 bits per heavy atom. The minimum Gasteiger partial charge on any atom is -0.379 e. The Bertz CT molecular complexity index is 356. The van der Waals surface area contributed by atoms with Gasteiger partial charge in [0, 0.05) is 24.5 Å². The highest BCUT2D eigenvalue weighted by Crippen LogP contribution is 2.27. The zero-order valence-corrected chi connectivity index (χ0v) is 9.80. The van der Waals surface area contributed by atoms with Crippen molar-refractivity contribution in [2.75, 3.05) is 26.3 Å². The molecule has 2 N–H and O–H groups in total. The van der Waals surface area contributed by atoms with Crippen LogP contribution in [0.4, 0.5) is 4.39 Å². The van der Waals surface area contributed by atoms with Gasteiger partial charge in [0.05, 0.1) is 13.2 Å². The lowest BCUT2D eigenvalue weighted by atomic mass is 10.2. The molecule has 88 valence electrons. The average Bonchev–Trinajstić information content (AvgIpc) is 2.31. The zero-order valence-electron chi connectivity index (χ0n) is 8.99. The van der Waals surface area contributed by atoms with Crippen LogP contribution in [0.3, 0.4) is 0 Å². The first kappa shape index (κ1) is 11.9. The number of hydrogen-bond donors (Lipinski definition) is 1. The van der Waals surface area contributed by atoms with Crippen molar-refractivity contribution in [1.82, 2.24) is 4.31 Å². The lowest BCUT2D eigenvalue weighted by Crippen LogP contribution is -2.31. The molecule has 3 nitrogen and oxygen atoms in total. The summed E-state index contributed by atoms with van der Waals surface area (Å²) in [5.74, 6) is -0.215.